The zero-order chi connectivity index (χ0) is 13.9. The van der Waals surface area contributed by atoms with Crippen molar-refractivity contribution in [1.29, 1.82) is 0 Å². The van der Waals surface area contributed by atoms with E-state index in [-0.39, 0.29) is 5.91 Å². The molecule has 1 aliphatic heterocycles. The molecule has 0 bridgehead atoms. The van der Waals surface area contributed by atoms with Crippen LogP contribution in [0.15, 0.2) is 30.6 Å². The molecule has 0 unspecified atom stereocenters. The van der Waals surface area contributed by atoms with Crippen LogP contribution in [-0.4, -0.2) is 44.1 Å². The lowest BCUT2D eigenvalue weighted by Crippen LogP contribution is -2.39. The molecular formula is C14H17N5O. The Hall–Kier alpha value is -2.24. The van der Waals surface area contributed by atoms with Gasteiger partial charge in [0.05, 0.1) is 5.69 Å². The molecule has 1 amide bonds. The van der Waals surface area contributed by atoms with Crippen molar-refractivity contribution in [2.75, 3.05) is 13.1 Å². The molecule has 20 heavy (non-hydrogen) atoms. The molecule has 104 valence electrons. The van der Waals surface area contributed by atoms with E-state index in [9.17, 15) is 4.79 Å². The molecule has 1 aliphatic rings. The first kappa shape index (κ1) is 12.8. The largest absolute Gasteiger partial charge is 0.338 e. The summed E-state index contributed by atoms with van der Waals surface area (Å²) in [6, 6.07) is 7.38. The van der Waals surface area contributed by atoms with E-state index in [1.165, 1.54) is 12.7 Å². The van der Waals surface area contributed by atoms with Crippen molar-refractivity contribution in [3.63, 3.8) is 0 Å². The van der Waals surface area contributed by atoms with Crippen molar-refractivity contribution in [3.8, 4) is 5.69 Å². The summed E-state index contributed by atoms with van der Waals surface area (Å²) >= 11 is 0. The van der Waals surface area contributed by atoms with E-state index in [0.29, 0.717) is 5.92 Å². The minimum absolute atomic E-state index is 0.111. The summed E-state index contributed by atoms with van der Waals surface area (Å²) in [5, 5.41) is 11.0. The van der Waals surface area contributed by atoms with Crippen LogP contribution < -0.4 is 0 Å². The Morgan fingerprint density at radius 1 is 1.30 bits per heavy atom. The second-order valence-electron chi connectivity index (χ2n) is 5.30. The Morgan fingerprint density at radius 2 is 2.10 bits per heavy atom. The van der Waals surface area contributed by atoms with Gasteiger partial charge < -0.3 is 4.90 Å². The average molecular weight is 271 g/mol. The lowest BCUT2D eigenvalue weighted by molar-refractivity contribution is 0.0683. The lowest BCUT2D eigenvalue weighted by Gasteiger charge is -2.31. The fourth-order valence-electron chi connectivity index (χ4n) is 2.59. The number of likely N-dealkylation sites (tertiary alicyclic amines) is 1. The van der Waals surface area contributed by atoms with Crippen LogP contribution in [0, 0.1) is 5.92 Å². The lowest BCUT2D eigenvalue weighted by atomic mass is 9.99. The van der Waals surface area contributed by atoms with Crippen LogP contribution in [0.25, 0.3) is 5.69 Å². The third kappa shape index (κ3) is 2.54. The summed E-state index contributed by atoms with van der Waals surface area (Å²) in [5.41, 5.74) is 1.56. The summed E-state index contributed by atoms with van der Waals surface area (Å²) in [6.45, 7) is 3.91. The number of hydrogen-bond donors (Lipinski definition) is 0. The van der Waals surface area contributed by atoms with Gasteiger partial charge in [0.25, 0.3) is 5.91 Å². The molecule has 6 nitrogen and oxygen atoms in total. The number of carbonyl (C=O) groups is 1. The predicted molar refractivity (Wildman–Crippen MR) is 73.5 cm³/mol. The first-order valence-corrected chi connectivity index (χ1v) is 6.87. The SMILES string of the molecule is C[C@@H]1CCCN(C(=O)c2ccc(-n3cnnn3)cc2)C1. The summed E-state index contributed by atoms with van der Waals surface area (Å²) in [6.07, 6.45) is 3.83. The zero-order valence-corrected chi connectivity index (χ0v) is 11.4. The summed E-state index contributed by atoms with van der Waals surface area (Å²) in [4.78, 5) is 14.4. The molecule has 1 aromatic carbocycles. The van der Waals surface area contributed by atoms with Crippen LogP contribution in [0.1, 0.15) is 30.1 Å². The summed E-state index contributed by atoms with van der Waals surface area (Å²) in [5.74, 6) is 0.702. The standard InChI is InChI=1S/C14H17N5O/c1-11-3-2-8-18(9-11)14(20)12-4-6-13(7-5-12)19-10-15-16-17-19/h4-7,10-11H,2-3,8-9H2,1H3/t11-/m1/s1. The summed E-state index contributed by atoms with van der Waals surface area (Å²) < 4.78 is 1.57. The van der Waals surface area contributed by atoms with Crippen LogP contribution >= 0.6 is 0 Å². The molecule has 0 aliphatic carbocycles. The number of benzene rings is 1. The fraction of sp³-hybridized carbons (Fsp3) is 0.429. The van der Waals surface area contributed by atoms with Crippen molar-refractivity contribution in [3.05, 3.63) is 36.2 Å². The van der Waals surface area contributed by atoms with Crippen LogP contribution in [0.4, 0.5) is 0 Å². The Balaban J connectivity index is 1.75. The molecular weight excluding hydrogens is 254 g/mol. The number of aromatic nitrogens is 4. The minimum atomic E-state index is 0.111. The quantitative estimate of drug-likeness (QED) is 0.831. The second-order valence-corrected chi connectivity index (χ2v) is 5.30. The minimum Gasteiger partial charge on any atom is -0.338 e. The van der Waals surface area contributed by atoms with Crippen molar-refractivity contribution < 1.29 is 4.79 Å². The number of nitrogens with zero attached hydrogens (tertiary/aromatic N) is 5. The van der Waals surface area contributed by atoms with E-state index in [2.05, 4.69) is 22.4 Å². The first-order valence-electron chi connectivity index (χ1n) is 6.87. The Labute approximate surface area is 117 Å². The Bertz CT molecular complexity index is 578. The first-order chi connectivity index (χ1) is 9.74. The monoisotopic (exact) mass is 271 g/mol. The zero-order valence-electron chi connectivity index (χ0n) is 11.4. The highest BCUT2D eigenvalue weighted by molar-refractivity contribution is 5.94. The molecule has 0 saturated carbocycles. The molecule has 3 rings (SSSR count). The van der Waals surface area contributed by atoms with Crippen molar-refractivity contribution in [2.24, 2.45) is 5.92 Å². The van der Waals surface area contributed by atoms with Gasteiger partial charge in [-0.05, 0) is 53.5 Å². The van der Waals surface area contributed by atoms with E-state index in [4.69, 9.17) is 0 Å². The molecule has 6 heteroatoms. The maximum Gasteiger partial charge on any atom is 0.253 e. The third-order valence-corrected chi connectivity index (χ3v) is 3.67. The Kier molecular flexibility index (Phi) is 3.45. The summed E-state index contributed by atoms with van der Waals surface area (Å²) in [7, 11) is 0. The third-order valence-electron chi connectivity index (χ3n) is 3.67. The number of amides is 1. The van der Waals surface area contributed by atoms with E-state index < -0.39 is 0 Å². The van der Waals surface area contributed by atoms with Gasteiger partial charge in [-0.15, -0.1) is 5.10 Å². The van der Waals surface area contributed by atoms with Gasteiger partial charge in [-0.2, -0.15) is 0 Å². The smallest absolute Gasteiger partial charge is 0.253 e. The molecule has 1 fully saturated rings. The number of piperidine rings is 1. The number of rotatable bonds is 2. The van der Waals surface area contributed by atoms with Crippen LogP contribution in [0.5, 0.6) is 0 Å². The molecule has 1 atom stereocenters. The van der Waals surface area contributed by atoms with Gasteiger partial charge in [0.1, 0.15) is 6.33 Å². The van der Waals surface area contributed by atoms with E-state index >= 15 is 0 Å². The van der Waals surface area contributed by atoms with Gasteiger partial charge >= 0.3 is 0 Å². The average Bonchev–Trinajstić information content (AvgIpc) is 3.01. The fourth-order valence-corrected chi connectivity index (χ4v) is 2.59. The van der Waals surface area contributed by atoms with Crippen LogP contribution in [0.3, 0.4) is 0 Å². The molecule has 0 spiro atoms. The maximum atomic E-state index is 12.4. The van der Waals surface area contributed by atoms with Gasteiger partial charge in [0.2, 0.25) is 0 Å². The number of tetrazole rings is 1. The van der Waals surface area contributed by atoms with Crippen molar-refractivity contribution in [1.82, 2.24) is 25.1 Å². The number of carbonyl (C=O) groups excluding carboxylic acids is 1. The molecule has 0 N–H and O–H groups in total. The van der Waals surface area contributed by atoms with Gasteiger partial charge in [-0.3, -0.25) is 4.79 Å². The highest BCUT2D eigenvalue weighted by Crippen LogP contribution is 2.18. The Morgan fingerprint density at radius 3 is 2.75 bits per heavy atom. The topological polar surface area (TPSA) is 63.9 Å². The molecule has 1 saturated heterocycles. The molecule has 0 radical (unpaired) electrons. The van der Waals surface area contributed by atoms with E-state index in [0.717, 1.165) is 30.8 Å². The molecule has 1 aromatic heterocycles. The molecule has 2 heterocycles. The maximum absolute atomic E-state index is 12.4. The second kappa shape index (κ2) is 5.40. The normalized spacial score (nSPS) is 19.1. The predicted octanol–water partition coefficient (Wildman–Crippen LogP) is 1.53. The van der Waals surface area contributed by atoms with Crippen molar-refractivity contribution in [2.45, 2.75) is 19.8 Å². The van der Waals surface area contributed by atoms with Crippen molar-refractivity contribution >= 4 is 5.91 Å². The van der Waals surface area contributed by atoms with Gasteiger partial charge in [-0.1, -0.05) is 6.92 Å². The molecule has 2 aromatic rings. The highest BCUT2D eigenvalue weighted by atomic mass is 16.2. The van der Waals surface area contributed by atoms with E-state index in [1.54, 1.807) is 4.68 Å². The van der Waals surface area contributed by atoms with Gasteiger partial charge in [-0.25, -0.2) is 4.68 Å². The van der Waals surface area contributed by atoms with Gasteiger partial charge in [0, 0.05) is 18.7 Å². The number of hydrogen-bond acceptors (Lipinski definition) is 4. The van der Waals surface area contributed by atoms with Crippen LogP contribution in [-0.2, 0) is 0 Å². The highest BCUT2D eigenvalue weighted by Gasteiger charge is 2.21. The van der Waals surface area contributed by atoms with Crippen LogP contribution in [0.2, 0.25) is 0 Å². The van der Waals surface area contributed by atoms with Gasteiger partial charge in [0.15, 0.2) is 0 Å². The van der Waals surface area contributed by atoms with E-state index in [1.807, 2.05) is 29.2 Å².